The van der Waals surface area contributed by atoms with E-state index in [1.807, 2.05) is 24.3 Å². The van der Waals surface area contributed by atoms with Gasteiger partial charge in [-0.05, 0) is 62.4 Å². The molecule has 2 aromatic rings. The van der Waals surface area contributed by atoms with Crippen LogP contribution in [0.3, 0.4) is 0 Å². The second kappa shape index (κ2) is 5.45. The van der Waals surface area contributed by atoms with Gasteiger partial charge < -0.3 is 16.4 Å². The number of nitrogens with one attached hydrogen (secondary N) is 2. The molecule has 3 heteroatoms. The summed E-state index contributed by atoms with van der Waals surface area (Å²) in [6, 6.07) is 16.4. The average Bonchev–Trinajstić information content (AvgIpc) is 2.34. The van der Waals surface area contributed by atoms with E-state index in [9.17, 15) is 0 Å². The Labute approximate surface area is 108 Å². The smallest absolute Gasteiger partial charge is 0.0385 e. The molecule has 94 valence electrons. The maximum atomic E-state index is 5.65. The van der Waals surface area contributed by atoms with Gasteiger partial charge in [0.15, 0.2) is 0 Å². The van der Waals surface area contributed by atoms with Crippen molar-refractivity contribution in [3.05, 3.63) is 48.5 Å². The minimum atomic E-state index is 0.445. The molecule has 0 aliphatic rings. The van der Waals surface area contributed by atoms with Crippen molar-refractivity contribution >= 4 is 22.7 Å². The monoisotopic (exact) mass is 241 g/mol. The van der Waals surface area contributed by atoms with Crippen molar-refractivity contribution in [2.75, 3.05) is 16.4 Å². The van der Waals surface area contributed by atoms with Gasteiger partial charge in [0.2, 0.25) is 0 Å². The first-order chi connectivity index (χ1) is 8.63. The number of nitrogen functional groups attached to an aromatic ring is 1. The Morgan fingerprint density at radius 3 is 1.72 bits per heavy atom. The average molecular weight is 241 g/mol. The highest BCUT2D eigenvalue weighted by Gasteiger charge is 1.97. The van der Waals surface area contributed by atoms with E-state index in [0.29, 0.717) is 6.04 Å². The maximum absolute atomic E-state index is 5.65. The van der Waals surface area contributed by atoms with Crippen LogP contribution in [0.1, 0.15) is 13.8 Å². The molecule has 0 aliphatic carbocycles. The summed E-state index contributed by atoms with van der Waals surface area (Å²) >= 11 is 0. The molecule has 0 atom stereocenters. The van der Waals surface area contributed by atoms with E-state index in [-0.39, 0.29) is 0 Å². The minimum absolute atomic E-state index is 0.445. The molecule has 2 aromatic carbocycles. The molecule has 0 spiro atoms. The van der Waals surface area contributed by atoms with Gasteiger partial charge in [-0.2, -0.15) is 0 Å². The highest BCUT2D eigenvalue weighted by molar-refractivity contribution is 5.63. The molecule has 0 unspecified atom stereocenters. The molecule has 0 aliphatic heterocycles. The van der Waals surface area contributed by atoms with E-state index in [4.69, 9.17) is 5.73 Å². The fourth-order valence-corrected chi connectivity index (χ4v) is 1.72. The standard InChI is InChI=1S/C15H19N3/c1-11(2)17-13-7-9-15(10-8-13)18-14-5-3-12(16)4-6-14/h3-11,17-18H,16H2,1-2H3. The Hall–Kier alpha value is -2.16. The molecule has 0 radical (unpaired) electrons. The summed E-state index contributed by atoms with van der Waals surface area (Å²) < 4.78 is 0. The van der Waals surface area contributed by atoms with Gasteiger partial charge in [0, 0.05) is 28.8 Å². The first-order valence-electron chi connectivity index (χ1n) is 6.12. The van der Waals surface area contributed by atoms with Crippen LogP contribution in [0.15, 0.2) is 48.5 Å². The topological polar surface area (TPSA) is 50.1 Å². The van der Waals surface area contributed by atoms with Crippen molar-refractivity contribution < 1.29 is 0 Å². The van der Waals surface area contributed by atoms with E-state index >= 15 is 0 Å². The molecule has 0 amide bonds. The summed E-state index contributed by atoms with van der Waals surface area (Å²) in [5, 5.41) is 6.69. The van der Waals surface area contributed by atoms with Crippen LogP contribution in [0.2, 0.25) is 0 Å². The van der Waals surface area contributed by atoms with Gasteiger partial charge >= 0.3 is 0 Å². The predicted molar refractivity (Wildman–Crippen MR) is 79.3 cm³/mol. The van der Waals surface area contributed by atoms with Gasteiger partial charge in [-0.1, -0.05) is 0 Å². The van der Waals surface area contributed by atoms with Crippen molar-refractivity contribution in [2.24, 2.45) is 0 Å². The largest absolute Gasteiger partial charge is 0.399 e. The first kappa shape index (κ1) is 12.3. The maximum Gasteiger partial charge on any atom is 0.0385 e. The Bertz CT molecular complexity index is 486. The quantitative estimate of drug-likeness (QED) is 0.713. The lowest BCUT2D eigenvalue weighted by Crippen LogP contribution is -2.09. The van der Waals surface area contributed by atoms with Crippen LogP contribution >= 0.6 is 0 Å². The third-order valence-electron chi connectivity index (χ3n) is 2.54. The van der Waals surface area contributed by atoms with E-state index in [1.54, 1.807) is 0 Å². The SMILES string of the molecule is CC(C)Nc1ccc(Nc2ccc(N)cc2)cc1. The summed E-state index contributed by atoms with van der Waals surface area (Å²) in [4.78, 5) is 0. The van der Waals surface area contributed by atoms with E-state index in [1.165, 1.54) is 0 Å². The Morgan fingerprint density at radius 1 is 0.778 bits per heavy atom. The van der Waals surface area contributed by atoms with Crippen molar-refractivity contribution in [3.8, 4) is 0 Å². The second-order valence-corrected chi connectivity index (χ2v) is 4.62. The van der Waals surface area contributed by atoms with Gasteiger partial charge in [-0.15, -0.1) is 0 Å². The highest BCUT2D eigenvalue weighted by Crippen LogP contribution is 2.20. The highest BCUT2D eigenvalue weighted by atomic mass is 14.9. The summed E-state index contributed by atoms with van der Waals surface area (Å²) in [7, 11) is 0. The summed E-state index contributed by atoms with van der Waals surface area (Å²) in [5.74, 6) is 0. The number of anilines is 4. The lowest BCUT2D eigenvalue weighted by Gasteiger charge is -2.11. The number of rotatable bonds is 4. The number of benzene rings is 2. The van der Waals surface area contributed by atoms with Crippen LogP contribution < -0.4 is 16.4 Å². The fraction of sp³-hybridized carbons (Fsp3) is 0.200. The van der Waals surface area contributed by atoms with Crippen LogP contribution in [0, 0.1) is 0 Å². The normalized spacial score (nSPS) is 10.4. The molecule has 2 rings (SSSR count). The summed E-state index contributed by atoms with van der Waals surface area (Å²) in [6.07, 6.45) is 0. The predicted octanol–water partition coefficient (Wildman–Crippen LogP) is 3.83. The van der Waals surface area contributed by atoms with Crippen molar-refractivity contribution in [2.45, 2.75) is 19.9 Å². The Kier molecular flexibility index (Phi) is 3.72. The Morgan fingerprint density at radius 2 is 1.22 bits per heavy atom. The molecular formula is C15H19N3. The van der Waals surface area contributed by atoms with Crippen LogP contribution in [-0.4, -0.2) is 6.04 Å². The van der Waals surface area contributed by atoms with Crippen LogP contribution in [0.25, 0.3) is 0 Å². The summed E-state index contributed by atoms with van der Waals surface area (Å²) in [5.41, 5.74) is 9.66. The molecule has 18 heavy (non-hydrogen) atoms. The third kappa shape index (κ3) is 3.42. The molecule has 0 aromatic heterocycles. The number of hydrogen-bond acceptors (Lipinski definition) is 3. The van der Waals surface area contributed by atoms with Gasteiger partial charge in [-0.25, -0.2) is 0 Å². The van der Waals surface area contributed by atoms with E-state index < -0.39 is 0 Å². The van der Waals surface area contributed by atoms with Crippen LogP contribution in [0.4, 0.5) is 22.7 Å². The molecule has 0 bridgehead atoms. The van der Waals surface area contributed by atoms with Gasteiger partial charge in [0.1, 0.15) is 0 Å². The molecule has 4 N–H and O–H groups in total. The molecule has 3 nitrogen and oxygen atoms in total. The van der Waals surface area contributed by atoms with E-state index in [2.05, 4.69) is 48.7 Å². The minimum Gasteiger partial charge on any atom is -0.399 e. The van der Waals surface area contributed by atoms with Crippen LogP contribution in [-0.2, 0) is 0 Å². The third-order valence-corrected chi connectivity index (χ3v) is 2.54. The zero-order valence-corrected chi connectivity index (χ0v) is 10.8. The van der Waals surface area contributed by atoms with Crippen molar-refractivity contribution in [1.29, 1.82) is 0 Å². The second-order valence-electron chi connectivity index (χ2n) is 4.62. The first-order valence-corrected chi connectivity index (χ1v) is 6.12. The van der Waals surface area contributed by atoms with Gasteiger partial charge in [0.25, 0.3) is 0 Å². The zero-order valence-electron chi connectivity index (χ0n) is 10.8. The molecule has 0 saturated carbocycles. The van der Waals surface area contributed by atoms with Gasteiger partial charge in [0.05, 0.1) is 0 Å². The van der Waals surface area contributed by atoms with Crippen molar-refractivity contribution in [1.82, 2.24) is 0 Å². The number of nitrogens with two attached hydrogens (primary N) is 1. The summed E-state index contributed by atoms with van der Waals surface area (Å²) in [6.45, 7) is 4.25. The molecule has 0 fully saturated rings. The lowest BCUT2D eigenvalue weighted by molar-refractivity contribution is 0.900. The lowest BCUT2D eigenvalue weighted by atomic mass is 10.2. The van der Waals surface area contributed by atoms with E-state index in [0.717, 1.165) is 22.7 Å². The van der Waals surface area contributed by atoms with Gasteiger partial charge in [-0.3, -0.25) is 0 Å². The molecular weight excluding hydrogens is 222 g/mol. The zero-order chi connectivity index (χ0) is 13.0. The number of hydrogen-bond donors (Lipinski definition) is 3. The Balaban J connectivity index is 2.04. The molecule has 0 heterocycles. The van der Waals surface area contributed by atoms with Crippen molar-refractivity contribution in [3.63, 3.8) is 0 Å². The fourth-order valence-electron chi connectivity index (χ4n) is 1.72. The van der Waals surface area contributed by atoms with Crippen LogP contribution in [0.5, 0.6) is 0 Å². The molecule has 0 saturated heterocycles.